The van der Waals surface area contributed by atoms with Crippen LogP contribution in [-0.4, -0.2) is 40.6 Å². The molecule has 0 saturated carbocycles. The van der Waals surface area contributed by atoms with E-state index in [-0.39, 0.29) is 24.1 Å². The van der Waals surface area contributed by atoms with Gasteiger partial charge in [0, 0.05) is 6.54 Å². The zero-order valence-electron chi connectivity index (χ0n) is 12.5. The fraction of sp³-hybridized carbons (Fsp3) is 0.286. The highest BCUT2D eigenvalue weighted by molar-refractivity contribution is 5.82. The fourth-order valence-corrected chi connectivity index (χ4v) is 1.81. The number of hydrogen-bond donors (Lipinski definition) is 2. The first-order valence-electron chi connectivity index (χ1n) is 6.83. The molecular weight excluding hydrogens is 305 g/mol. The maximum atomic E-state index is 13.0. The van der Waals surface area contributed by atoms with Gasteiger partial charge in [-0.25, -0.2) is 9.18 Å². The van der Waals surface area contributed by atoms with Gasteiger partial charge >= 0.3 is 6.09 Å². The Morgan fingerprint density at radius 3 is 2.96 bits per heavy atom. The maximum absolute atomic E-state index is 13.0. The second kappa shape index (κ2) is 7.87. The molecule has 1 aromatic heterocycles. The van der Waals surface area contributed by atoms with E-state index in [9.17, 15) is 14.0 Å². The van der Waals surface area contributed by atoms with Gasteiger partial charge in [-0.15, -0.1) is 5.10 Å². The normalized spacial score (nSPS) is 10.2. The molecule has 23 heavy (non-hydrogen) atoms. The third-order valence-electron chi connectivity index (χ3n) is 2.86. The quantitative estimate of drug-likeness (QED) is 0.825. The maximum Gasteiger partial charge on any atom is 0.412 e. The number of carbonyl (C=O) groups is 2. The van der Waals surface area contributed by atoms with E-state index in [4.69, 9.17) is 0 Å². The van der Waals surface area contributed by atoms with Crippen LogP contribution in [0, 0.1) is 5.82 Å². The summed E-state index contributed by atoms with van der Waals surface area (Å²) < 4.78 is 17.4. The van der Waals surface area contributed by atoms with Gasteiger partial charge in [0.25, 0.3) is 0 Å². The number of benzene rings is 1. The molecule has 0 radical (unpaired) electrons. The molecule has 0 aliphatic carbocycles. The number of rotatable bonds is 6. The van der Waals surface area contributed by atoms with Crippen molar-refractivity contribution in [2.24, 2.45) is 0 Å². The van der Waals surface area contributed by atoms with Crippen molar-refractivity contribution in [3.05, 3.63) is 41.8 Å². The minimum absolute atomic E-state index is 0.0913. The first kappa shape index (κ1) is 16.4. The van der Waals surface area contributed by atoms with E-state index < -0.39 is 6.09 Å². The van der Waals surface area contributed by atoms with Crippen LogP contribution >= 0.6 is 0 Å². The molecule has 1 aromatic carbocycles. The topological polar surface area (TPSA) is 98.1 Å². The molecule has 1 heterocycles. The molecule has 2 N–H and O–H groups in total. The predicted octanol–water partition coefficient (Wildman–Crippen LogP) is 0.954. The molecule has 0 aliphatic heterocycles. The van der Waals surface area contributed by atoms with Crippen molar-refractivity contribution in [2.45, 2.75) is 13.0 Å². The number of carbonyl (C=O) groups excluding carboxylic acids is 2. The third kappa shape index (κ3) is 5.38. The van der Waals surface area contributed by atoms with E-state index in [0.717, 1.165) is 10.4 Å². The molecule has 0 spiro atoms. The number of anilines is 1. The van der Waals surface area contributed by atoms with Crippen molar-refractivity contribution < 1.29 is 18.7 Å². The Hall–Kier alpha value is -2.97. The van der Waals surface area contributed by atoms with Crippen molar-refractivity contribution in [1.82, 2.24) is 20.3 Å². The minimum Gasteiger partial charge on any atom is -0.453 e. The lowest BCUT2D eigenvalue weighted by Gasteiger charge is -2.05. The van der Waals surface area contributed by atoms with E-state index in [0.29, 0.717) is 13.0 Å². The van der Waals surface area contributed by atoms with Crippen LogP contribution in [0.5, 0.6) is 0 Å². The number of ether oxygens (including phenoxy) is 1. The first-order valence-corrected chi connectivity index (χ1v) is 6.83. The van der Waals surface area contributed by atoms with E-state index in [1.807, 2.05) is 0 Å². The molecule has 9 heteroatoms. The molecule has 122 valence electrons. The van der Waals surface area contributed by atoms with Crippen molar-refractivity contribution in [2.75, 3.05) is 19.0 Å². The third-order valence-corrected chi connectivity index (χ3v) is 2.86. The summed E-state index contributed by atoms with van der Waals surface area (Å²) in [6, 6.07) is 6.20. The lowest BCUT2D eigenvalue weighted by molar-refractivity contribution is -0.122. The first-order chi connectivity index (χ1) is 11.1. The van der Waals surface area contributed by atoms with Gasteiger partial charge in [-0.3, -0.25) is 10.1 Å². The van der Waals surface area contributed by atoms with Gasteiger partial charge in [-0.2, -0.15) is 9.90 Å². The molecule has 0 fully saturated rings. The van der Waals surface area contributed by atoms with Crippen LogP contribution in [0.3, 0.4) is 0 Å². The van der Waals surface area contributed by atoms with Gasteiger partial charge in [0.2, 0.25) is 5.91 Å². The molecule has 0 saturated heterocycles. The van der Waals surface area contributed by atoms with E-state index in [2.05, 4.69) is 25.6 Å². The summed E-state index contributed by atoms with van der Waals surface area (Å²) in [5, 5.41) is 12.8. The summed E-state index contributed by atoms with van der Waals surface area (Å²) in [7, 11) is 1.23. The van der Waals surface area contributed by atoms with Gasteiger partial charge in [0.05, 0.1) is 13.3 Å². The number of amides is 2. The molecule has 2 rings (SSSR count). The van der Waals surface area contributed by atoms with Crippen LogP contribution < -0.4 is 10.6 Å². The zero-order valence-corrected chi connectivity index (χ0v) is 12.5. The Morgan fingerprint density at radius 2 is 2.22 bits per heavy atom. The molecule has 8 nitrogen and oxygen atoms in total. The van der Waals surface area contributed by atoms with Gasteiger partial charge in [-0.05, 0) is 24.1 Å². The van der Waals surface area contributed by atoms with Crippen LogP contribution in [0.15, 0.2) is 30.5 Å². The highest BCUT2D eigenvalue weighted by atomic mass is 19.1. The van der Waals surface area contributed by atoms with Gasteiger partial charge in [0.1, 0.15) is 12.4 Å². The number of nitrogens with zero attached hydrogens (tertiary/aromatic N) is 3. The average molecular weight is 321 g/mol. The van der Waals surface area contributed by atoms with Crippen molar-refractivity contribution in [3.8, 4) is 0 Å². The number of halogens is 1. The van der Waals surface area contributed by atoms with E-state index >= 15 is 0 Å². The standard InChI is InChI=1S/C14H16FN5O3/c1-23-14(22)18-12-8-17-20(19-12)9-13(21)16-6-5-10-3-2-4-11(15)7-10/h2-4,7-8H,5-6,9H2,1H3,(H,16,21)(H,18,19,22). The van der Waals surface area contributed by atoms with Crippen LogP contribution in [0.2, 0.25) is 0 Å². The summed E-state index contributed by atoms with van der Waals surface area (Å²) in [4.78, 5) is 23.9. The van der Waals surface area contributed by atoms with Crippen molar-refractivity contribution in [1.29, 1.82) is 0 Å². The van der Waals surface area contributed by atoms with Crippen LogP contribution in [-0.2, 0) is 22.5 Å². The second-order valence-corrected chi connectivity index (χ2v) is 4.61. The number of nitrogens with one attached hydrogen (secondary N) is 2. The second-order valence-electron chi connectivity index (χ2n) is 4.61. The summed E-state index contributed by atoms with van der Waals surface area (Å²) in [5.41, 5.74) is 0.798. The van der Waals surface area contributed by atoms with Gasteiger partial charge < -0.3 is 10.1 Å². The smallest absolute Gasteiger partial charge is 0.412 e. The summed E-state index contributed by atoms with van der Waals surface area (Å²) in [6.45, 7) is 0.281. The minimum atomic E-state index is -0.670. The average Bonchev–Trinajstić information content (AvgIpc) is 2.94. The molecule has 0 aliphatic rings. The Morgan fingerprint density at radius 1 is 1.39 bits per heavy atom. The van der Waals surface area contributed by atoms with Crippen LogP contribution in [0.25, 0.3) is 0 Å². The van der Waals surface area contributed by atoms with Crippen molar-refractivity contribution in [3.63, 3.8) is 0 Å². The predicted molar refractivity (Wildman–Crippen MR) is 79.2 cm³/mol. The Balaban J connectivity index is 1.75. The largest absolute Gasteiger partial charge is 0.453 e. The van der Waals surface area contributed by atoms with E-state index in [1.165, 1.54) is 25.4 Å². The summed E-state index contributed by atoms with van der Waals surface area (Å²) >= 11 is 0. The Bertz CT molecular complexity index is 689. The number of aromatic nitrogens is 3. The van der Waals surface area contributed by atoms with Gasteiger partial charge in [-0.1, -0.05) is 12.1 Å². The molecule has 2 aromatic rings. The highest BCUT2D eigenvalue weighted by Crippen LogP contribution is 2.03. The number of methoxy groups -OCH3 is 1. The fourth-order valence-electron chi connectivity index (χ4n) is 1.81. The number of hydrogen-bond acceptors (Lipinski definition) is 5. The molecule has 0 unspecified atom stereocenters. The van der Waals surface area contributed by atoms with Crippen LogP contribution in [0.4, 0.5) is 15.0 Å². The highest BCUT2D eigenvalue weighted by Gasteiger charge is 2.08. The van der Waals surface area contributed by atoms with Crippen molar-refractivity contribution >= 4 is 17.8 Å². The zero-order chi connectivity index (χ0) is 16.7. The SMILES string of the molecule is COC(=O)Nc1cnn(CC(=O)NCCc2cccc(F)c2)n1. The lowest BCUT2D eigenvalue weighted by Crippen LogP contribution is -2.30. The Labute approximate surface area is 131 Å². The molecule has 0 atom stereocenters. The van der Waals surface area contributed by atoms with Crippen LogP contribution in [0.1, 0.15) is 5.56 Å². The molecule has 2 amide bonds. The molecular formula is C14H16FN5O3. The van der Waals surface area contributed by atoms with Gasteiger partial charge in [0.15, 0.2) is 5.82 Å². The summed E-state index contributed by atoms with van der Waals surface area (Å²) in [5.74, 6) is -0.411. The van der Waals surface area contributed by atoms with E-state index in [1.54, 1.807) is 12.1 Å². The lowest BCUT2D eigenvalue weighted by atomic mass is 10.1. The molecule has 0 bridgehead atoms. The Kier molecular flexibility index (Phi) is 5.61. The summed E-state index contributed by atoms with van der Waals surface area (Å²) in [6.07, 6.45) is 1.15. The monoisotopic (exact) mass is 321 g/mol.